The number of hydrogen-bond acceptors (Lipinski definition) is 2. The van der Waals surface area contributed by atoms with Crippen LogP contribution in [-0.2, 0) is 10.1 Å². The van der Waals surface area contributed by atoms with Crippen LogP contribution >= 0.6 is 0 Å². The highest BCUT2D eigenvalue weighted by molar-refractivity contribution is 7.85. The van der Waals surface area contributed by atoms with Crippen molar-refractivity contribution >= 4 is 10.1 Å². The van der Waals surface area contributed by atoms with E-state index in [4.69, 9.17) is 4.55 Å². The maximum atomic E-state index is 9.19. The Morgan fingerprint density at radius 1 is 0.667 bits per heavy atom. The largest absolute Gasteiger partial charge is 0.324 e. The Balaban J connectivity index is 0.00000119. The van der Waals surface area contributed by atoms with Gasteiger partial charge < -0.3 is 4.48 Å². The van der Waals surface area contributed by atoms with E-state index in [1.807, 2.05) is 0 Å². The van der Waals surface area contributed by atoms with E-state index in [0.29, 0.717) is 6.26 Å². The Morgan fingerprint density at radius 3 is 1.48 bits per heavy atom. The Hall–Kier alpha value is -0.130. The Morgan fingerprint density at radius 2 is 1.04 bits per heavy atom. The number of nitrogens with zero attached hydrogens (tertiary/aromatic N) is 1. The van der Waals surface area contributed by atoms with Gasteiger partial charge in [0.15, 0.2) is 0 Å². The van der Waals surface area contributed by atoms with E-state index < -0.39 is 10.1 Å². The van der Waals surface area contributed by atoms with Gasteiger partial charge in [0, 0.05) is 0 Å². The highest BCUT2D eigenvalue weighted by atomic mass is 32.2. The van der Waals surface area contributed by atoms with Gasteiger partial charge in [-0.3, -0.25) is 4.55 Å². The summed E-state index contributed by atoms with van der Waals surface area (Å²) in [6.07, 6.45) is 22.7. The van der Waals surface area contributed by atoms with E-state index in [1.54, 1.807) is 0 Å². The number of rotatable bonds is 14. The molecule has 0 saturated carbocycles. The Kier molecular flexibility index (Phi) is 16.7. The molecule has 0 radical (unpaired) electrons. The number of likely N-dealkylation sites (tertiary alicyclic amines) is 1. The van der Waals surface area contributed by atoms with Crippen LogP contribution in [0.1, 0.15) is 110 Å². The van der Waals surface area contributed by atoms with E-state index in [1.165, 1.54) is 127 Å². The van der Waals surface area contributed by atoms with Crippen LogP contribution in [0, 0.1) is 0 Å². The first-order valence-electron chi connectivity index (χ1n) is 11.6. The van der Waals surface area contributed by atoms with Gasteiger partial charge in [0.05, 0.1) is 32.4 Å². The molecule has 0 aromatic heterocycles. The predicted octanol–water partition coefficient (Wildman–Crippen LogP) is 6.21. The van der Waals surface area contributed by atoms with Crippen LogP contribution in [0.3, 0.4) is 0 Å². The molecular weight excluding hydrogens is 358 g/mol. The molecule has 1 aliphatic rings. The lowest BCUT2D eigenvalue weighted by Gasteiger charge is -2.42. The Bertz CT molecular complexity index is 409. The lowest BCUT2D eigenvalue weighted by molar-refractivity contribution is -0.932. The average Bonchev–Trinajstić information content (AvgIpc) is 2.61. The summed E-state index contributed by atoms with van der Waals surface area (Å²) in [5.41, 5.74) is 0. The van der Waals surface area contributed by atoms with Crippen molar-refractivity contribution in [2.45, 2.75) is 110 Å². The van der Waals surface area contributed by atoms with Crippen molar-refractivity contribution in [1.82, 2.24) is 0 Å². The molecule has 1 fully saturated rings. The van der Waals surface area contributed by atoms with Crippen molar-refractivity contribution < 1.29 is 17.5 Å². The summed E-state index contributed by atoms with van der Waals surface area (Å²) in [5, 5.41) is 0. The summed E-state index contributed by atoms with van der Waals surface area (Å²) in [7, 11) is -3.67. The molecule has 164 valence electrons. The van der Waals surface area contributed by atoms with Crippen LogP contribution in [0.2, 0.25) is 0 Å². The second-order valence-electron chi connectivity index (χ2n) is 8.57. The van der Waals surface area contributed by atoms with Crippen LogP contribution in [0.15, 0.2) is 0 Å². The number of quaternary nitrogens is 1. The summed E-state index contributed by atoms with van der Waals surface area (Å²) in [6, 6.07) is 0. The summed E-state index contributed by atoms with van der Waals surface area (Å²) in [6.45, 7) is 10.6. The van der Waals surface area contributed by atoms with E-state index in [9.17, 15) is 8.42 Å². The van der Waals surface area contributed by atoms with Gasteiger partial charge in [-0.15, -0.1) is 0 Å². The first kappa shape index (κ1) is 26.9. The minimum absolute atomic E-state index is 0.715. The van der Waals surface area contributed by atoms with Gasteiger partial charge in [-0.1, -0.05) is 71.6 Å². The molecule has 5 heteroatoms. The van der Waals surface area contributed by atoms with E-state index in [-0.39, 0.29) is 0 Å². The minimum Gasteiger partial charge on any atom is -0.324 e. The standard InChI is InChI=1S/C21H44N.CH4O3S/c1-3-5-7-8-9-10-11-12-13-15-19-22(18-6-4-2)20-16-14-17-21-22;1-5(2,3)4/h3-21H2,1-2H3;1H3,(H,2,3,4)/q+1;. The molecule has 1 saturated heterocycles. The molecule has 0 aromatic carbocycles. The topological polar surface area (TPSA) is 54.4 Å². The second-order valence-corrected chi connectivity index (χ2v) is 10.0. The van der Waals surface area contributed by atoms with Crippen LogP contribution in [0.4, 0.5) is 0 Å². The van der Waals surface area contributed by atoms with Gasteiger partial charge in [0.25, 0.3) is 10.1 Å². The average molecular weight is 407 g/mol. The van der Waals surface area contributed by atoms with Crippen molar-refractivity contribution in [1.29, 1.82) is 0 Å². The van der Waals surface area contributed by atoms with Gasteiger partial charge in [-0.25, -0.2) is 0 Å². The van der Waals surface area contributed by atoms with Crippen molar-refractivity contribution in [2.24, 2.45) is 0 Å². The van der Waals surface area contributed by atoms with E-state index in [2.05, 4.69) is 13.8 Å². The van der Waals surface area contributed by atoms with Crippen LogP contribution in [0.25, 0.3) is 0 Å². The molecule has 1 rings (SSSR count). The molecule has 0 amide bonds. The molecule has 1 aliphatic heterocycles. The van der Waals surface area contributed by atoms with E-state index >= 15 is 0 Å². The highest BCUT2D eigenvalue weighted by Gasteiger charge is 2.28. The number of hydrogen-bond donors (Lipinski definition) is 1. The van der Waals surface area contributed by atoms with Crippen molar-refractivity contribution in [3.8, 4) is 0 Å². The zero-order valence-electron chi connectivity index (χ0n) is 18.6. The van der Waals surface area contributed by atoms with Crippen molar-refractivity contribution in [3.63, 3.8) is 0 Å². The van der Waals surface area contributed by atoms with Gasteiger partial charge >= 0.3 is 0 Å². The van der Waals surface area contributed by atoms with Gasteiger partial charge in [0.1, 0.15) is 0 Å². The minimum atomic E-state index is -3.67. The highest BCUT2D eigenvalue weighted by Crippen LogP contribution is 2.22. The zero-order valence-corrected chi connectivity index (χ0v) is 19.4. The molecule has 0 aliphatic carbocycles. The smallest absolute Gasteiger partial charge is 0.261 e. The zero-order chi connectivity index (χ0) is 20.4. The van der Waals surface area contributed by atoms with E-state index in [0.717, 1.165) is 0 Å². The van der Waals surface area contributed by atoms with Gasteiger partial charge in [-0.2, -0.15) is 8.42 Å². The third-order valence-corrected chi connectivity index (χ3v) is 5.74. The maximum absolute atomic E-state index is 9.19. The monoisotopic (exact) mass is 406 g/mol. The molecular formula is C22H48NO3S+. The first-order chi connectivity index (χ1) is 12.8. The quantitative estimate of drug-likeness (QED) is 0.212. The Labute approximate surface area is 170 Å². The van der Waals surface area contributed by atoms with Gasteiger partial charge in [-0.05, 0) is 38.5 Å². The van der Waals surface area contributed by atoms with Crippen molar-refractivity contribution in [3.05, 3.63) is 0 Å². The number of piperidine rings is 1. The van der Waals surface area contributed by atoms with Crippen LogP contribution in [0.5, 0.6) is 0 Å². The fraction of sp³-hybridized carbons (Fsp3) is 1.00. The molecule has 0 spiro atoms. The molecule has 0 unspecified atom stereocenters. The number of unbranched alkanes of at least 4 members (excludes halogenated alkanes) is 10. The fourth-order valence-corrected chi connectivity index (χ4v) is 4.17. The summed E-state index contributed by atoms with van der Waals surface area (Å²) in [4.78, 5) is 0. The van der Waals surface area contributed by atoms with Gasteiger partial charge in [0.2, 0.25) is 0 Å². The third-order valence-electron chi connectivity index (χ3n) is 5.74. The summed E-state index contributed by atoms with van der Waals surface area (Å²) >= 11 is 0. The summed E-state index contributed by atoms with van der Waals surface area (Å²) < 4.78 is 27.3. The maximum Gasteiger partial charge on any atom is 0.261 e. The van der Waals surface area contributed by atoms with Crippen LogP contribution < -0.4 is 0 Å². The SMILES string of the molecule is CCCCCCCCCCCC[N+]1(CCCC)CCCCC1.CS(=O)(=O)O. The first-order valence-corrected chi connectivity index (χ1v) is 13.5. The molecule has 0 atom stereocenters. The van der Waals surface area contributed by atoms with Crippen molar-refractivity contribution in [2.75, 3.05) is 32.4 Å². The molecule has 4 nitrogen and oxygen atoms in total. The summed E-state index contributed by atoms with van der Waals surface area (Å²) in [5.74, 6) is 0. The fourth-order valence-electron chi connectivity index (χ4n) is 4.17. The third kappa shape index (κ3) is 19.0. The predicted molar refractivity (Wildman–Crippen MR) is 118 cm³/mol. The molecule has 27 heavy (non-hydrogen) atoms. The lowest BCUT2D eigenvalue weighted by Crippen LogP contribution is -2.52. The lowest BCUT2D eigenvalue weighted by atomic mass is 10.0. The normalized spacial score (nSPS) is 16.6. The molecule has 0 aromatic rings. The molecule has 1 N–H and O–H groups in total. The van der Waals surface area contributed by atoms with Crippen LogP contribution in [-0.4, -0.2) is 49.9 Å². The molecule has 1 heterocycles. The second kappa shape index (κ2) is 16.8. The molecule has 0 bridgehead atoms.